The minimum absolute atomic E-state index is 0.217. The molecule has 0 amide bonds. The normalized spacial score (nSPS) is 13.4. The molecule has 5 nitrogen and oxygen atoms in total. The first-order valence-electron chi connectivity index (χ1n) is 10.6. The van der Waals surface area contributed by atoms with E-state index in [9.17, 15) is 4.79 Å². The van der Waals surface area contributed by atoms with Crippen molar-refractivity contribution in [2.24, 2.45) is 0 Å². The van der Waals surface area contributed by atoms with Crippen LogP contribution in [0.3, 0.4) is 0 Å². The van der Waals surface area contributed by atoms with E-state index in [1.54, 1.807) is 4.57 Å². The maximum atomic E-state index is 13.9. The van der Waals surface area contributed by atoms with Crippen LogP contribution >= 0.6 is 0 Å². The van der Waals surface area contributed by atoms with E-state index < -0.39 is 0 Å². The lowest BCUT2D eigenvalue weighted by Gasteiger charge is -2.23. The van der Waals surface area contributed by atoms with Crippen LogP contribution in [0.2, 0.25) is 0 Å². The summed E-state index contributed by atoms with van der Waals surface area (Å²) in [6.45, 7) is 1.72. The zero-order chi connectivity index (χ0) is 21.0. The molecule has 1 saturated heterocycles. The fraction of sp³-hybridized carbons (Fsp3) is 0.154. The van der Waals surface area contributed by atoms with Crippen molar-refractivity contribution >= 4 is 5.82 Å². The van der Waals surface area contributed by atoms with Gasteiger partial charge in [0.25, 0.3) is 0 Å². The summed E-state index contributed by atoms with van der Waals surface area (Å²) in [5.74, 6) is 2.10. The number of aromatic nitrogens is 2. The average molecular weight is 409 g/mol. The van der Waals surface area contributed by atoms with Gasteiger partial charge in [-0.05, 0) is 37.1 Å². The maximum Gasteiger partial charge on any atom is 0.303 e. The van der Waals surface area contributed by atoms with Crippen molar-refractivity contribution in [2.75, 3.05) is 18.0 Å². The molecule has 4 aromatic rings. The number of hydrogen-bond donors (Lipinski definition) is 0. The molecule has 1 aromatic heterocycles. The molecule has 1 aliphatic heterocycles. The lowest BCUT2D eigenvalue weighted by atomic mass is 10.2. The predicted molar refractivity (Wildman–Crippen MR) is 123 cm³/mol. The molecule has 0 atom stereocenters. The van der Waals surface area contributed by atoms with E-state index in [4.69, 9.17) is 9.72 Å². The molecule has 3 aromatic carbocycles. The van der Waals surface area contributed by atoms with Crippen molar-refractivity contribution in [1.29, 1.82) is 0 Å². The highest BCUT2D eigenvalue weighted by atomic mass is 16.5. The SMILES string of the molecule is O=c1c(Oc2ccccc2)c(N2CCCC2)nc(-c2ccccc2)n1-c1ccccc1. The smallest absolute Gasteiger partial charge is 0.303 e. The Morgan fingerprint density at radius 1 is 0.742 bits per heavy atom. The molecule has 0 saturated carbocycles. The van der Waals surface area contributed by atoms with Crippen LogP contribution in [0.1, 0.15) is 12.8 Å². The molecular weight excluding hydrogens is 386 g/mol. The lowest BCUT2D eigenvalue weighted by molar-refractivity contribution is 0.468. The van der Waals surface area contributed by atoms with Gasteiger partial charge in [0.05, 0.1) is 5.69 Å². The van der Waals surface area contributed by atoms with Gasteiger partial charge in [-0.3, -0.25) is 9.36 Å². The van der Waals surface area contributed by atoms with Gasteiger partial charge in [-0.1, -0.05) is 66.7 Å². The van der Waals surface area contributed by atoms with E-state index in [1.165, 1.54) is 0 Å². The molecule has 0 radical (unpaired) electrons. The Bertz CT molecular complexity index is 1220. The molecule has 1 aliphatic rings. The van der Waals surface area contributed by atoms with Gasteiger partial charge in [0.2, 0.25) is 5.75 Å². The highest BCUT2D eigenvalue weighted by Crippen LogP contribution is 2.33. The molecule has 31 heavy (non-hydrogen) atoms. The standard InChI is InChI=1S/C26H23N3O2/c30-26-23(31-22-16-8-3-9-17-22)25(28-18-10-11-19-28)27-24(20-12-4-1-5-13-20)29(26)21-14-6-2-7-15-21/h1-9,12-17H,10-11,18-19H2. The second kappa shape index (κ2) is 8.48. The van der Waals surface area contributed by atoms with Crippen LogP contribution in [0, 0.1) is 0 Å². The third-order valence-electron chi connectivity index (χ3n) is 5.44. The second-order valence-corrected chi connectivity index (χ2v) is 7.54. The van der Waals surface area contributed by atoms with Crippen LogP contribution in [-0.4, -0.2) is 22.6 Å². The first-order chi connectivity index (χ1) is 15.3. The number of anilines is 1. The molecule has 0 unspecified atom stereocenters. The number of hydrogen-bond acceptors (Lipinski definition) is 4. The Morgan fingerprint density at radius 3 is 1.97 bits per heavy atom. The van der Waals surface area contributed by atoms with Crippen LogP contribution in [0.25, 0.3) is 17.1 Å². The van der Waals surface area contributed by atoms with Crippen molar-refractivity contribution in [3.8, 4) is 28.6 Å². The Hall–Kier alpha value is -3.86. The molecule has 0 aliphatic carbocycles. The van der Waals surface area contributed by atoms with Gasteiger partial charge in [-0.25, -0.2) is 4.98 Å². The third-order valence-corrected chi connectivity index (χ3v) is 5.44. The lowest BCUT2D eigenvalue weighted by Crippen LogP contribution is -2.28. The molecule has 0 N–H and O–H groups in total. The summed E-state index contributed by atoms with van der Waals surface area (Å²) >= 11 is 0. The Kier molecular flexibility index (Phi) is 5.23. The highest BCUT2D eigenvalue weighted by molar-refractivity contribution is 5.65. The first kappa shape index (κ1) is 19.1. The Morgan fingerprint density at radius 2 is 1.32 bits per heavy atom. The van der Waals surface area contributed by atoms with Crippen LogP contribution in [-0.2, 0) is 0 Å². The molecule has 5 heteroatoms. The van der Waals surface area contributed by atoms with Gasteiger partial charge in [0.1, 0.15) is 11.6 Å². The summed E-state index contributed by atoms with van der Waals surface area (Å²) < 4.78 is 7.81. The van der Waals surface area contributed by atoms with Crippen LogP contribution < -0.4 is 15.2 Å². The zero-order valence-electron chi connectivity index (χ0n) is 17.1. The summed E-state index contributed by atoms with van der Waals surface area (Å²) in [5, 5.41) is 0. The minimum atomic E-state index is -0.217. The van der Waals surface area contributed by atoms with Crippen LogP contribution in [0.5, 0.6) is 11.5 Å². The molecular formula is C26H23N3O2. The highest BCUT2D eigenvalue weighted by Gasteiger charge is 2.26. The Labute approximate surface area is 181 Å². The number of ether oxygens (including phenoxy) is 1. The van der Waals surface area contributed by atoms with E-state index in [2.05, 4.69) is 4.90 Å². The number of nitrogens with zero attached hydrogens (tertiary/aromatic N) is 3. The summed E-state index contributed by atoms with van der Waals surface area (Å²) in [6, 6.07) is 28.9. The second-order valence-electron chi connectivity index (χ2n) is 7.54. The van der Waals surface area contributed by atoms with Crippen molar-refractivity contribution in [2.45, 2.75) is 12.8 Å². The number of rotatable bonds is 5. The molecule has 154 valence electrons. The first-order valence-corrected chi connectivity index (χ1v) is 10.6. The minimum Gasteiger partial charge on any atom is -0.448 e. The van der Waals surface area contributed by atoms with Crippen molar-refractivity contribution in [3.05, 3.63) is 101 Å². The molecule has 1 fully saturated rings. The summed E-state index contributed by atoms with van der Waals surface area (Å²) in [5.41, 5.74) is 1.42. The summed E-state index contributed by atoms with van der Waals surface area (Å²) in [4.78, 5) is 21.1. The summed E-state index contributed by atoms with van der Waals surface area (Å²) in [7, 11) is 0. The molecule has 0 spiro atoms. The van der Waals surface area contributed by atoms with Crippen LogP contribution in [0.4, 0.5) is 5.82 Å². The predicted octanol–water partition coefficient (Wildman–Crippen LogP) is 5.29. The van der Waals surface area contributed by atoms with Crippen molar-refractivity contribution in [3.63, 3.8) is 0 Å². The van der Waals surface area contributed by atoms with Crippen molar-refractivity contribution in [1.82, 2.24) is 9.55 Å². The van der Waals surface area contributed by atoms with E-state index in [1.807, 2.05) is 91.0 Å². The van der Waals surface area contributed by atoms with E-state index in [0.29, 0.717) is 17.4 Å². The van der Waals surface area contributed by atoms with Gasteiger partial charge in [0.15, 0.2) is 5.82 Å². The molecule has 5 rings (SSSR count). The van der Waals surface area contributed by atoms with Gasteiger partial charge in [0, 0.05) is 18.7 Å². The van der Waals surface area contributed by atoms with Crippen LogP contribution in [0.15, 0.2) is 95.8 Å². The summed E-state index contributed by atoms with van der Waals surface area (Å²) in [6.07, 6.45) is 2.16. The quantitative estimate of drug-likeness (QED) is 0.449. The van der Waals surface area contributed by atoms with E-state index in [0.717, 1.165) is 37.2 Å². The van der Waals surface area contributed by atoms with Crippen molar-refractivity contribution < 1.29 is 4.74 Å². The topological polar surface area (TPSA) is 47.4 Å². The van der Waals surface area contributed by atoms with Gasteiger partial charge < -0.3 is 9.64 Å². The molecule has 2 heterocycles. The van der Waals surface area contributed by atoms with E-state index >= 15 is 0 Å². The fourth-order valence-corrected chi connectivity index (χ4v) is 3.93. The van der Waals surface area contributed by atoms with Gasteiger partial charge in [-0.15, -0.1) is 0 Å². The maximum absolute atomic E-state index is 13.9. The fourth-order valence-electron chi connectivity index (χ4n) is 3.93. The molecule has 0 bridgehead atoms. The zero-order valence-corrected chi connectivity index (χ0v) is 17.1. The van der Waals surface area contributed by atoms with Gasteiger partial charge >= 0.3 is 5.56 Å². The number of para-hydroxylation sites is 2. The third kappa shape index (κ3) is 3.82. The number of benzene rings is 3. The Balaban J connectivity index is 1.78. The average Bonchev–Trinajstić information content (AvgIpc) is 3.37. The van der Waals surface area contributed by atoms with E-state index in [-0.39, 0.29) is 11.3 Å². The monoisotopic (exact) mass is 409 g/mol. The largest absolute Gasteiger partial charge is 0.448 e. The van der Waals surface area contributed by atoms with Gasteiger partial charge in [-0.2, -0.15) is 0 Å².